The lowest BCUT2D eigenvalue weighted by molar-refractivity contribution is 0.151. The number of hydrazone groups is 1. The summed E-state index contributed by atoms with van der Waals surface area (Å²) in [6, 6.07) is -0.296. The Morgan fingerprint density at radius 1 is 1.75 bits per heavy atom. The fraction of sp³-hybridized carbons (Fsp3) is 0.750. The van der Waals surface area contributed by atoms with Gasteiger partial charge >= 0.3 is 0 Å². The average Bonchev–Trinajstić information content (AvgIpc) is 2.14. The first-order chi connectivity index (χ1) is 3.84. The Labute approximate surface area is 46.8 Å². The number of hydrogen-bond acceptors (Lipinski definition) is 4. The third kappa shape index (κ3) is 0.801. The van der Waals surface area contributed by atoms with Crippen LogP contribution in [0.2, 0.25) is 0 Å². The highest BCUT2D eigenvalue weighted by Crippen LogP contribution is 1.94. The van der Waals surface area contributed by atoms with Gasteiger partial charge in [0.15, 0.2) is 0 Å². The van der Waals surface area contributed by atoms with E-state index in [-0.39, 0.29) is 12.6 Å². The van der Waals surface area contributed by atoms with Gasteiger partial charge < -0.3 is 15.6 Å². The number of nitrogens with zero attached hydrogens (tertiary/aromatic N) is 1. The number of rotatable bonds is 1. The molecule has 3 N–H and O–H groups in total. The van der Waals surface area contributed by atoms with Crippen LogP contribution in [0, 0.1) is 0 Å². The third-order valence-electron chi connectivity index (χ3n) is 1.08. The average molecular weight is 116 g/mol. The van der Waals surface area contributed by atoms with Crippen LogP contribution in [0.4, 0.5) is 0 Å². The zero-order valence-electron chi connectivity index (χ0n) is 4.28. The minimum absolute atomic E-state index is 0.0822. The molecular weight excluding hydrogens is 108 g/mol. The van der Waals surface area contributed by atoms with E-state index in [1.54, 1.807) is 0 Å². The molecule has 0 aliphatic carbocycles. The Morgan fingerprint density at radius 2 is 2.50 bits per heavy atom. The highest BCUT2D eigenvalue weighted by molar-refractivity contribution is 5.65. The molecule has 2 atom stereocenters. The largest absolute Gasteiger partial charge is 0.394 e. The monoisotopic (exact) mass is 116 g/mol. The van der Waals surface area contributed by atoms with Gasteiger partial charge in [0.25, 0.3) is 0 Å². The number of nitrogens with one attached hydrogen (secondary N) is 1. The van der Waals surface area contributed by atoms with Crippen molar-refractivity contribution in [2.45, 2.75) is 12.1 Å². The van der Waals surface area contributed by atoms with Gasteiger partial charge in [0.1, 0.15) is 6.10 Å². The van der Waals surface area contributed by atoms with Crippen LogP contribution < -0.4 is 5.43 Å². The molecule has 4 nitrogen and oxygen atoms in total. The zero-order valence-corrected chi connectivity index (χ0v) is 4.28. The highest BCUT2D eigenvalue weighted by atomic mass is 16.3. The molecule has 0 aromatic carbocycles. The molecule has 0 bridgehead atoms. The third-order valence-corrected chi connectivity index (χ3v) is 1.08. The van der Waals surface area contributed by atoms with Gasteiger partial charge in [0.05, 0.1) is 18.9 Å². The lowest BCUT2D eigenvalue weighted by atomic mass is 10.2. The standard InChI is InChI=1S/C4H8N2O2/c7-2-3-4(8)1-5-6-3/h1,3-4,6-8H,2H2/t3-,4+/m1/s1. The van der Waals surface area contributed by atoms with Crippen molar-refractivity contribution in [3.8, 4) is 0 Å². The number of hydrogen-bond donors (Lipinski definition) is 3. The normalized spacial score (nSPS) is 35.2. The SMILES string of the molecule is OC[C@H]1NN=C[C@@H]1O. The van der Waals surface area contributed by atoms with Crippen molar-refractivity contribution in [3.63, 3.8) is 0 Å². The summed E-state index contributed by atoms with van der Waals surface area (Å²) >= 11 is 0. The Bertz CT molecular complexity index is 104. The summed E-state index contributed by atoms with van der Waals surface area (Å²) in [5.41, 5.74) is 2.53. The van der Waals surface area contributed by atoms with Crippen molar-refractivity contribution in [1.82, 2.24) is 5.43 Å². The molecule has 1 aliphatic heterocycles. The minimum Gasteiger partial charge on any atom is -0.394 e. The molecular formula is C4H8N2O2. The molecule has 0 saturated carbocycles. The van der Waals surface area contributed by atoms with Gasteiger partial charge in [-0.2, -0.15) is 5.10 Å². The molecule has 4 heteroatoms. The smallest absolute Gasteiger partial charge is 0.115 e. The van der Waals surface area contributed by atoms with Gasteiger partial charge in [-0.1, -0.05) is 0 Å². The van der Waals surface area contributed by atoms with Crippen LogP contribution >= 0.6 is 0 Å². The Balaban J connectivity index is 2.38. The van der Waals surface area contributed by atoms with Crippen LogP contribution in [0.1, 0.15) is 0 Å². The van der Waals surface area contributed by atoms with Crippen molar-refractivity contribution in [2.24, 2.45) is 5.10 Å². The maximum Gasteiger partial charge on any atom is 0.115 e. The van der Waals surface area contributed by atoms with E-state index in [4.69, 9.17) is 10.2 Å². The van der Waals surface area contributed by atoms with Crippen molar-refractivity contribution in [3.05, 3.63) is 0 Å². The van der Waals surface area contributed by atoms with Gasteiger partial charge in [0.2, 0.25) is 0 Å². The van der Waals surface area contributed by atoms with E-state index < -0.39 is 6.10 Å². The van der Waals surface area contributed by atoms with E-state index in [9.17, 15) is 0 Å². The molecule has 0 amide bonds. The second kappa shape index (κ2) is 2.11. The fourth-order valence-electron chi connectivity index (χ4n) is 0.544. The first-order valence-corrected chi connectivity index (χ1v) is 2.42. The van der Waals surface area contributed by atoms with E-state index in [1.807, 2.05) is 0 Å². The minimum atomic E-state index is -0.625. The predicted molar refractivity (Wildman–Crippen MR) is 28.5 cm³/mol. The first-order valence-electron chi connectivity index (χ1n) is 2.42. The van der Waals surface area contributed by atoms with Gasteiger partial charge in [-0.15, -0.1) is 0 Å². The summed E-state index contributed by atoms with van der Waals surface area (Å²) in [4.78, 5) is 0. The lowest BCUT2D eigenvalue weighted by Gasteiger charge is -2.07. The van der Waals surface area contributed by atoms with Crippen molar-refractivity contribution >= 4 is 6.21 Å². The summed E-state index contributed by atoms with van der Waals surface area (Å²) in [5.74, 6) is 0. The highest BCUT2D eigenvalue weighted by Gasteiger charge is 2.19. The predicted octanol–water partition coefficient (Wildman–Crippen LogP) is -1.70. The van der Waals surface area contributed by atoms with Crippen LogP contribution in [0.15, 0.2) is 5.10 Å². The Morgan fingerprint density at radius 3 is 2.75 bits per heavy atom. The quantitative estimate of drug-likeness (QED) is 0.382. The zero-order chi connectivity index (χ0) is 5.98. The van der Waals surface area contributed by atoms with Crippen molar-refractivity contribution in [1.29, 1.82) is 0 Å². The van der Waals surface area contributed by atoms with E-state index in [0.717, 1.165) is 0 Å². The summed E-state index contributed by atoms with van der Waals surface area (Å²) in [7, 11) is 0. The molecule has 8 heavy (non-hydrogen) atoms. The fourth-order valence-corrected chi connectivity index (χ4v) is 0.544. The van der Waals surface area contributed by atoms with Gasteiger partial charge in [-0.3, -0.25) is 0 Å². The molecule has 0 fully saturated rings. The number of aliphatic hydroxyl groups is 2. The van der Waals surface area contributed by atoms with E-state index >= 15 is 0 Å². The van der Waals surface area contributed by atoms with Gasteiger partial charge in [0, 0.05) is 0 Å². The lowest BCUT2D eigenvalue weighted by Crippen LogP contribution is -2.34. The van der Waals surface area contributed by atoms with Crippen LogP contribution in [0.3, 0.4) is 0 Å². The summed E-state index contributed by atoms with van der Waals surface area (Å²) < 4.78 is 0. The second-order valence-electron chi connectivity index (χ2n) is 1.69. The van der Waals surface area contributed by atoms with Gasteiger partial charge in [-0.25, -0.2) is 0 Å². The van der Waals surface area contributed by atoms with Crippen LogP contribution in [-0.4, -0.2) is 35.2 Å². The van der Waals surface area contributed by atoms with Crippen molar-refractivity contribution < 1.29 is 10.2 Å². The second-order valence-corrected chi connectivity index (χ2v) is 1.69. The van der Waals surface area contributed by atoms with Crippen LogP contribution in [-0.2, 0) is 0 Å². The molecule has 0 saturated heterocycles. The molecule has 0 unspecified atom stereocenters. The Hall–Kier alpha value is -0.610. The molecule has 1 heterocycles. The summed E-state index contributed by atoms with van der Waals surface area (Å²) in [5, 5.41) is 20.8. The molecule has 1 rings (SSSR count). The van der Waals surface area contributed by atoms with Gasteiger partial charge in [-0.05, 0) is 0 Å². The summed E-state index contributed by atoms with van der Waals surface area (Å²) in [6.07, 6.45) is 0.737. The molecule has 46 valence electrons. The summed E-state index contributed by atoms with van der Waals surface area (Å²) in [6.45, 7) is -0.0822. The molecule has 1 aliphatic rings. The first kappa shape index (κ1) is 5.53. The maximum atomic E-state index is 8.82. The maximum absolute atomic E-state index is 8.82. The van der Waals surface area contributed by atoms with E-state index in [1.165, 1.54) is 6.21 Å². The molecule has 0 aromatic rings. The van der Waals surface area contributed by atoms with E-state index in [0.29, 0.717) is 0 Å². The molecule has 0 radical (unpaired) electrons. The topological polar surface area (TPSA) is 64.8 Å². The number of aliphatic hydroxyl groups excluding tert-OH is 2. The molecule has 0 spiro atoms. The van der Waals surface area contributed by atoms with Crippen LogP contribution in [0.5, 0.6) is 0 Å². The van der Waals surface area contributed by atoms with Crippen LogP contribution in [0.25, 0.3) is 0 Å². The van der Waals surface area contributed by atoms with Crippen molar-refractivity contribution in [2.75, 3.05) is 6.61 Å². The Kier molecular flexibility index (Phi) is 1.45. The van der Waals surface area contributed by atoms with E-state index in [2.05, 4.69) is 10.5 Å². The molecule has 0 aromatic heterocycles.